The molecule has 0 unspecified atom stereocenters. The van der Waals surface area contributed by atoms with Crippen molar-refractivity contribution < 1.29 is 19.1 Å². The predicted molar refractivity (Wildman–Crippen MR) is 48.3 cm³/mol. The number of carboxylic acid groups (broad SMARTS) is 1. The van der Waals surface area contributed by atoms with Crippen molar-refractivity contribution >= 4 is 11.9 Å². The molecule has 2 rings (SSSR count). The summed E-state index contributed by atoms with van der Waals surface area (Å²) in [6.45, 7) is 2.16. The summed E-state index contributed by atoms with van der Waals surface area (Å²) in [5, 5.41) is 8.64. The van der Waals surface area contributed by atoms with Crippen LogP contribution >= 0.6 is 0 Å². The molecule has 6 heteroatoms. The van der Waals surface area contributed by atoms with Gasteiger partial charge < -0.3 is 14.4 Å². The molecule has 1 aliphatic heterocycles. The maximum atomic E-state index is 11.7. The highest BCUT2D eigenvalue weighted by Crippen LogP contribution is 2.19. The topological polar surface area (TPSA) is 83.6 Å². The van der Waals surface area contributed by atoms with Gasteiger partial charge in [-0.25, -0.2) is 4.98 Å². The fraction of sp³-hybridized carbons (Fsp3) is 0.444. The molecule has 1 aromatic heterocycles. The number of nitrogens with zero attached hydrogens (tertiary/aromatic N) is 2. The SMILES string of the molecule is Cc1ncoc1C(=O)N1CC(C(=O)O)C1. The smallest absolute Gasteiger partial charge is 0.310 e. The van der Waals surface area contributed by atoms with Gasteiger partial charge in [0.2, 0.25) is 5.76 Å². The van der Waals surface area contributed by atoms with Gasteiger partial charge in [-0.2, -0.15) is 0 Å². The normalized spacial score (nSPS) is 16.2. The molecule has 0 spiro atoms. The molecule has 2 heterocycles. The van der Waals surface area contributed by atoms with Crippen molar-refractivity contribution in [2.24, 2.45) is 5.92 Å². The molecular formula is C9H10N2O4. The van der Waals surface area contributed by atoms with E-state index in [4.69, 9.17) is 9.52 Å². The zero-order valence-electron chi connectivity index (χ0n) is 8.14. The lowest BCUT2D eigenvalue weighted by Gasteiger charge is -2.35. The van der Waals surface area contributed by atoms with Crippen molar-refractivity contribution in [3.05, 3.63) is 17.8 Å². The van der Waals surface area contributed by atoms with E-state index in [1.807, 2.05) is 0 Å². The molecule has 0 aromatic carbocycles. The highest BCUT2D eigenvalue weighted by molar-refractivity contribution is 5.93. The molecule has 0 atom stereocenters. The largest absolute Gasteiger partial charge is 0.481 e. The number of carboxylic acids is 1. The lowest BCUT2D eigenvalue weighted by molar-refractivity contribution is -0.146. The maximum Gasteiger partial charge on any atom is 0.310 e. The van der Waals surface area contributed by atoms with Gasteiger partial charge in [-0.15, -0.1) is 0 Å². The van der Waals surface area contributed by atoms with Crippen LogP contribution in [0.1, 0.15) is 16.2 Å². The Labute approximate surface area is 85.5 Å². The van der Waals surface area contributed by atoms with Crippen molar-refractivity contribution in [3.63, 3.8) is 0 Å². The van der Waals surface area contributed by atoms with Crippen LogP contribution in [0.2, 0.25) is 0 Å². The summed E-state index contributed by atoms with van der Waals surface area (Å²) < 4.78 is 4.93. The molecular weight excluding hydrogens is 200 g/mol. The van der Waals surface area contributed by atoms with E-state index in [-0.39, 0.29) is 24.8 Å². The number of rotatable bonds is 2. The predicted octanol–water partition coefficient (Wildman–Crippen LogP) is 0.140. The first kappa shape index (κ1) is 9.70. The minimum absolute atomic E-state index is 0.193. The van der Waals surface area contributed by atoms with Gasteiger partial charge in [-0.05, 0) is 6.92 Å². The summed E-state index contributed by atoms with van der Waals surface area (Å²) in [4.78, 5) is 27.4. The van der Waals surface area contributed by atoms with Crippen molar-refractivity contribution in [1.82, 2.24) is 9.88 Å². The summed E-state index contributed by atoms with van der Waals surface area (Å²) in [7, 11) is 0. The van der Waals surface area contributed by atoms with Crippen LogP contribution in [-0.2, 0) is 4.79 Å². The molecule has 15 heavy (non-hydrogen) atoms. The Kier molecular flexibility index (Phi) is 2.18. The van der Waals surface area contributed by atoms with Gasteiger partial charge in [-0.3, -0.25) is 9.59 Å². The molecule has 0 aliphatic carbocycles. The molecule has 1 saturated heterocycles. The average Bonchev–Trinajstić information content (AvgIpc) is 2.47. The lowest BCUT2D eigenvalue weighted by Crippen LogP contribution is -2.53. The summed E-state index contributed by atoms with van der Waals surface area (Å²) in [6.07, 6.45) is 1.21. The second kappa shape index (κ2) is 3.38. The van der Waals surface area contributed by atoms with E-state index in [2.05, 4.69) is 4.98 Å². The van der Waals surface area contributed by atoms with Gasteiger partial charge in [0.1, 0.15) is 0 Å². The van der Waals surface area contributed by atoms with E-state index in [1.165, 1.54) is 11.3 Å². The Hall–Kier alpha value is -1.85. The van der Waals surface area contributed by atoms with E-state index in [0.29, 0.717) is 5.69 Å². The fourth-order valence-corrected chi connectivity index (χ4v) is 1.45. The fourth-order valence-electron chi connectivity index (χ4n) is 1.45. The van der Waals surface area contributed by atoms with Crippen molar-refractivity contribution in [3.8, 4) is 0 Å². The van der Waals surface area contributed by atoms with E-state index in [1.54, 1.807) is 6.92 Å². The van der Waals surface area contributed by atoms with Gasteiger partial charge in [-0.1, -0.05) is 0 Å². The van der Waals surface area contributed by atoms with E-state index in [0.717, 1.165) is 0 Å². The molecule has 1 fully saturated rings. The average molecular weight is 210 g/mol. The van der Waals surface area contributed by atoms with Crippen molar-refractivity contribution in [2.45, 2.75) is 6.92 Å². The molecule has 0 radical (unpaired) electrons. The second-order valence-corrected chi connectivity index (χ2v) is 3.51. The van der Waals surface area contributed by atoms with Crippen molar-refractivity contribution in [2.75, 3.05) is 13.1 Å². The molecule has 0 saturated carbocycles. The Morgan fingerprint density at radius 2 is 2.27 bits per heavy atom. The van der Waals surface area contributed by atoms with Gasteiger partial charge >= 0.3 is 5.97 Å². The minimum atomic E-state index is -0.867. The quantitative estimate of drug-likeness (QED) is 0.750. The van der Waals surface area contributed by atoms with Crippen LogP contribution < -0.4 is 0 Å². The standard InChI is InChI=1S/C9H10N2O4/c1-5-7(15-4-10-5)8(12)11-2-6(3-11)9(13)14/h4,6H,2-3H2,1H3,(H,13,14). The number of aromatic nitrogens is 1. The molecule has 80 valence electrons. The number of likely N-dealkylation sites (tertiary alicyclic amines) is 1. The summed E-state index contributed by atoms with van der Waals surface area (Å²) in [6, 6.07) is 0. The molecule has 1 N–H and O–H groups in total. The van der Waals surface area contributed by atoms with Crippen molar-refractivity contribution in [1.29, 1.82) is 0 Å². The molecule has 1 aliphatic rings. The van der Waals surface area contributed by atoms with Crippen LogP contribution in [0.5, 0.6) is 0 Å². The number of aryl methyl sites for hydroxylation is 1. The highest BCUT2D eigenvalue weighted by Gasteiger charge is 2.37. The Bertz CT molecular complexity index is 406. The highest BCUT2D eigenvalue weighted by atomic mass is 16.4. The third-order valence-electron chi connectivity index (χ3n) is 2.46. The number of amides is 1. The van der Waals surface area contributed by atoms with Crippen LogP contribution in [0.3, 0.4) is 0 Å². The summed E-state index contributed by atoms with van der Waals surface area (Å²) in [5.74, 6) is -1.41. The number of carbonyl (C=O) groups excluding carboxylic acids is 1. The molecule has 6 nitrogen and oxygen atoms in total. The Morgan fingerprint density at radius 3 is 2.73 bits per heavy atom. The van der Waals surface area contributed by atoms with E-state index in [9.17, 15) is 9.59 Å². The molecule has 1 aromatic rings. The first-order valence-electron chi connectivity index (χ1n) is 4.51. The zero-order chi connectivity index (χ0) is 11.0. The van der Waals surface area contributed by atoms with Crippen LogP contribution in [-0.4, -0.2) is 40.0 Å². The third kappa shape index (κ3) is 1.58. The van der Waals surface area contributed by atoms with Crippen LogP contribution in [0.25, 0.3) is 0 Å². The van der Waals surface area contributed by atoms with E-state index < -0.39 is 11.9 Å². The van der Waals surface area contributed by atoms with Crippen LogP contribution in [0.15, 0.2) is 10.8 Å². The van der Waals surface area contributed by atoms with Gasteiger partial charge in [0, 0.05) is 13.1 Å². The minimum Gasteiger partial charge on any atom is -0.481 e. The Morgan fingerprint density at radius 1 is 1.60 bits per heavy atom. The number of hydrogen-bond donors (Lipinski definition) is 1. The van der Waals surface area contributed by atoms with Gasteiger partial charge in [0.15, 0.2) is 6.39 Å². The summed E-state index contributed by atoms with van der Waals surface area (Å²) in [5.41, 5.74) is 0.527. The lowest BCUT2D eigenvalue weighted by atomic mass is 10.0. The molecule has 1 amide bonds. The van der Waals surface area contributed by atoms with Gasteiger partial charge in [0.25, 0.3) is 5.91 Å². The first-order chi connectivity index (χ1) is 7.09. The number of aliphatic carboxylic acids is 1. The number of hydrogen-bond acceptors (Lipinski definition) is 4. The number of carbonyl (C=O) groups is 2. The van der Waals surface area contributed by atoms with Crippen LogP contribution in [0.4, 0.5) is 0 Å². The Balaban J connectivity index is 2.01. The number of oxazole rings is 1. The van der Waals surface area contributed by atoms with Gasteiger partial charge in [0.05, 0.1) is 11.6 Å². The maximum absolute atomic E-state index is 11.7. The molecule has 0 bridgehead atoms. The monoisotopic (exact) mass is 210 g/mol. The van der Waals surface area contributed by atoms with E-state index >= 15 is 0 Å². The third-order valence-corrected chi connectivity index (χ3v) is 2.46. The second-order valence-electron chi connectivity index (χ2n) is 3.51. The zero-order valence-corrected chi connectivity index (χ0v) is 8.14. The first-order valence-corrected chi connectivity index (χ1v) is 4.51. The van der Waals surface area contributed by atoms with Crippen LogP contribution in [0, 0.1) is 12.8 Å². The summed E-state index contributed by atoms with van der Waals surface area (Å²) >= 11 is 0.